The molecule has 174 valence electrons. The Morgan fingerprint density at radius 2 is 1.97 bits per heavy atom. The lowest BCUT2D eigenvalue weighted by Crippen LogP contribution is -2.32. The first-order valence-corrected chi connectivity index (χ1v) is 12.7. The van der Waals surface area contributed by atoms with Gasteiger partial charge >= 0.3 is 0 Å². The number of nitrogens with one attached hydrogen (secondary N) is 1. The zero-order valence-electron chi connectivity index (χ0n) is 18.9. The highest BCUT2D eigenvalue weighted by molar-refractivity contribution is 7.96. The Balaban J connectivity index is 1.69. The van der Waals surface area contributed by atoms with E-state index in [9.17, 15) is 4.79 Å². The molecule has 1 unspecified atom stereocenters. The van der Waals surface area contributed by atoms with Gasteiger partial charge in [-0.1, -0.05) is 49.0 Å². The van der Waals surface area contributed by atoms with E-state index in [-0.39, 0.29) is 11.8 Å². The Hall–Kier alpha value is -1.60. The minimum Gasteiger partial charge on any atom is -0.496 e. The fraction of sp³-hybridized carbons (Fsp3) is 0.458. The number of benzene rings is 2. The summed E-state index contributed by atoms with van der Waals surface area (Å²) in [6, 6.07) is 8.94. The predicted octanol–water partition coefficient (Wildman–Crippen LogP) is 7.24. The number of rotatable bonds is 8. The van der Waals surface area contributed by atoms with Crippen LogP contribution in [-0.2, 0) is 4.79 Å². The summed E-state index contributed by atoms with van der Waals surface area (Å²) in [4.78, 5) is 12.6. The summed E-state index contributed by atoms with van der Waals surface area (Å²) >= 11 is 14.7. The van der Waals surface area contributed by atoms with E-state index >= 15 is 0 Å². The highest BCUT2D eigenvalue weighted by atomic mass is 35.5. The summed E-state index contributed by atoms with van der Waals surface area (Å²) in [6.45, 7) is 6.19. The second-order valence-corrected chi connectivity index (χ2v) is 9.96. The van der Waals surface area contributed by atoms with Crippen LogP contribution in [0.2, 0.25) is 10.0 Å². The van der Waals surface area contributed by atoms with E-state index in [4.69, 9.17) is 32.7 Å². The molecule has 1 fully saturated rings. The van der Waals surface area contributed by atoms with Crippen molar-refractivity contribution in [2.45, 2.75) is 39.0 Å². The first kappa shape index (κ1) is 25.0. The molecule has 0 aromatic heterocycles. The standard InChI is InChI=1S/C24H30Cl2N2O3S/c1-15(2)19-13-18(7-8-22(19)30-3)31-24-20(25)11-17(12-21(24)26)27-23(29)10-16-6-5-9-28(14-16)32-4/h7-8,11-13,15-16H,5-6,9-10,14H2,1-4H3,(H,27,29). The average molecular weight is 497 g/mol. The molecule has 8 heteroatoms. The fourth-order valence-electron chi connectivity index (χ4n) is 3.91. The quantitative estimate of drug-likeness (QED) is 0.390. The number of nitrogens with zero attached hydrogens (tertiary/aromatic N) is 1. The maximum absolute atomic E-state index is 12.6. The van der Waals surface area contributed by atoms with Crippen molar-refractivity contribution >= 4 is 46.7 Å². The van der Waals surface area contributed by atoms with Crippen LogP contribution < -0.4 is 14.8 Å². The lowest BCUT2D eigenvalue weighted by atomic mass is 9.96. The van der Waals surface area contributed by atoms with Crippen LogP contribution in [0.5, 0.6) is 17.2 Å². The topological polar surface area (TPSA) is 50.8 Å². The molecule has 32 heavy (non-hydrogen) atoms. The van der Waals surface area contributed by atoms with Crippen molar-refractivity contribution < 1.29 is 14.3 Å². The van der Waals surface area contributed by atoms with Crippen LogP contribution in [0.25, 0.3) is 0 Å². The van der Waals surface area contributed by atoms with Crippen molar-refractivity contribution in [3.8, 4) is 17.2 Å². The third kappa shape index (κ3) is 6.47. The van der Waals surface area contributed by atoms with Gasteiger partial charge in [0.2, 0.25) is 5.91 Å². The molecule has 1 aliphatic rings. The summed E-state index contributed by atoms with van der Waals surface area (Å²) in [5, 5.41) is 3.60. The summed E-state index contributed by atoms with van der Waals surface area (Å²) in [6.07, 6.45) is 4.74. The van der Waals surface area contributed by atoms with Gasteiger partial charge in [-0.05, 0) is 61.3 Å². The van der Waals surface area contributed by atoms with Gasteiger partial charge in [0.25, 0.3) is 0 Å². The van der Waals surface area contributed by atoms with E-state index in [0.29, 0.717) is 39.6 Å². The highest BCUT2D eigenvalue weighted by Gasteiger charge is 2.22. The maximum atomic E-state index is 12.6. The number of anilines is 1. The summed E-state index contributed by atoms with van der Waals surface area (Å²) < 4.78 is 13.7. The second-order valence-electron chi connectivity index (χ2n) is 8.26. The molecular formula is C24H30Cl2N2O3S. The molecule has 1 atom stereocenters. The van der Waals surface area contributed by atoms with E-state index in [0.717, 1.165) is 37.2 Å². The van der Waals surface area contributed by atoms with E-state index in [1.165, 1.54) is 0 Å². The third-order valence-electron chi connectivity index (χ3n) is 5.54. The van der Waals surface area contributed by atoms with Crippen molar-refractivity contribution in [2.24, 2.45) is 5.92 Å². The lowest BCUT2D eigenvalue weighted by Gasteiger charge is -2.30. The van der Waals surface area contributed by atoms with Gasteiger partial charge in [-0.25, -0.2) is 0 Å². The van der Waals surface area contributed by atoms with Gasteiger partial charge in [0.1, 0.15) is 11.5 Å². The first-order valence-electron chi connectivity index (χ1n) is 10.7. The van der Waals surface area contributed by atoms with E-state index < -0.39 is 0 Å². The SMILES string of the molecule is COc1ccc(Oc2c(Cl)cc(NC(=O)CC3CCCN(SC)C3)cc2Cl)cc1C(C)C. The zero-order valence-corrected chi connectivity index (χ0v) is 21.2. The number of hydrogen-bond acceptors (Lipinski definition) is 5. The molecule has 1 aliphatic heterocycles. The fourth-order valence-corrected chi connectivity index (χ4v) is 5.14. The van der Waals surface area contributed by atoms with Gasteiger partial charge < -0.3 is 14.8 Å². The van der Waals surface area contributed by atoms with Gasteiger partial charge in [0.05, 0.1) is 17.2 Å². The normalized spacial score (nSPS) is 16.8. The Morgan fingerprint density at radius 1 is 1.25 bits per heavy atom. The molecule has 0 spiro atoms. The van der Waals surface area contributed by atoms with Crippen molar-refractivity contribution in [1.82, 2.24) is 4.31 Å². The van der Waals surface area contributed by atoms with E-state index in [2.05, 4.69) is 29.7 Å². The smallest absolute Gasteiger partial charge is 0.224 e. The number of carbonyl (C=O) groups is 1. The van der Waals surface area contributed by atoms with Gasteiger partial charge in [-0.3, -0.25) is 9.10 Å². The van der Waals surface area contributed by atoms with E-state index in [1.54, 1.807) is 31.2 Å². The number of piperidine rings is 1. The molecule has 5 nitrogen and oxygen atoms in total. The molecule has 1 saturated heterocycles. The van der Waals surface area contributed by atoms with Gasteiger partial charge in [-0.2, -0.15) is 0 Å². The van der Waals surface area contributed by atoms with Crippen molar-refractivity contribution in [1.29, 1.82) is 0 Å². The van der Waals surface area contributed by atoms with Crippen LogP contribution in [0, 0.1) is 5.92 Å². The molecule has 2 aromatic carbocycles. The molecular weight excluding hydrogens is 467 g/mol. The Bertz CT molecular complexity index is 932. The summed E-state index contributed by atoms with van der Waals surface area (Å²) in [5.41, 5.74) is 1.59. The molecule has 0 radical (unpaired) electrons. The van der Waals surface area contributed by atoms with Gasteiger partial charge in [0, 0.05) is 30.8 Å². The molecule has 1 amide bonds. The molecule has 1 heterocycles. The summed E-state index contributed by atoms with van der Waals surface area (Å²) in [5.74, 6) is 2.37. The van der Waals surface area contributed by atoms with Crippen molar-refractivity contribution in [3.63, 3.8) is 0 Å². The maximum Gasteiger partial charge on any atom is 0.224 e. The minimum absolute atomic E-state index is 0.0320. The van der Waals surface area contributed by atoms with Crippen LogP contribution in [0.4, 0.5) is 5.69 Å². The number of ether oxygens (including phenoxy) is 2. The van der Waals surface area contributed by atoms with Crippen molar-refractivity contribution in [2.75, 3.05) is 31.8 Å². The number of hydrogen-bond donors (Lipinski definition) is 1. The lowest BCUT2D eigenvalue weighted by molar-refractivity contribution is -0.117. The second kappa shape index (κ2) is 11.5. The zero-order chi connectivity index (χ0) is 23.3. The molecule has 2 aromatic rings. The van der Waals surface area contributed by atoms with Crippen LogP contribution >= 0.6 is 35.1 Å². The van der Waals surface area contributed by atoms with Gasteiger partial charge in [0.15, 0.2) is 5.75 Å². The number of halogens is 2. The Kier molecular flexibility index (Phi) is 9.00. The van der Waals surface area contributed by atoms with E-state index in [1.807, 2.05) is 18.2 Å². The Morgan fingerprint density at radius 3 is 2.59 bits per heavy atom. The van der Waals surface area contributed by atoms with Crippen LogP contribution in [0.1, 0.15) is 44.6 Å². The largest absolute Gasteiger partial charge is 0.496 e. The first-order chi connectivity index (χ1) is 15.3. The Labute approximate surface area is 204 Å². The molecule has 1 N–H and O–H groups in total. The van der Waals surface area contributed by atoms with Crippen LogP contribution in [0.3, 0.4) is 0 Å². The van der Waals surface area contributed by atoms with Crippen LogP contribution in [-0.4, -0.2) is 36.7 Å². The molecule has 3 rings (SSSR count). The third-order valence-corrected chi connectivity index (χ3v) is 6.95. The number of carbonyl (C=O) groups excluding carboxylic acids is 1. The molecule has 0 aliphatic carbocycles. The molecule has 0 saturated carbocycles. The predicted molar refractivity (Wildman–Crippen MR) is 135 cm³/mol. The minimum atomic E-state index is -0.0320. The van der Waals surface area contributed by atoms with Gasteiger partial charge in [-0.15, -0.1) is 0 Å². The average Bonchev–Trinajstić information content (AvgIpc) is 2.76. The number of methoxy groups -OCH3 is 1. The van der Waals surface area contributed by atoms with Crippen molar-refractivity contribution in [3.05, 3.63) is 45.9 Å². The molecule has 0 bridgehead atoms. The van der Waals surface area contributed by atoms with Crippen LogP contribution in [0.15, 0.2) is 30.3 Å². The monoisotopic (exact) mass is 496 g/mol. The number of amides is 1. The summed E-state index contributed by atoms with van der Waals surface area (Å²) in [7, 11) is 1.65. The highest BCUT2D eigenvalue weighted by Crippen LogP contribution is 2.40.